The standard InChI is InChI=1S/C46H30N2S/c1-2-12-35(13-3-1)48-43-16-8-6-14-39(43)40-26-25-38(30-44(40)48)47(37-24-20-31-10-4-5-11-33(31)28-37)36-22-18-32(19-23-36)34-21-27-46-42(29-34)41-15-7-9-17-45(41)49-46/h1-30H. The van der Waals surface area contributed by atoms with Crippen molar-refractivity contribution in [2.45, 2.75) is 0 Å². The van der Waals surface area contributed by atoms with Crippen LogP contribution in [-0.4, -0.2) is 4.57 Å². The molecule has 2 aromatic heterocycles. The Morgan fingerprint density at radius 1 is 0.367 bits per heavy atom. The van der Waals surface area contributed by atoms with Crippen LogP contribution >= 0.6 is 11.3 Å². The van der Waals surface area contributed by atoms with Gasteiger partial charge in [-0.05, 0) is 94.7 Å². The van der Waals surface area contributed by atoms with Gasteiger partial charge >= 0.3 is 0 Å². The smallest absolute Gasteiger partial charge is 0.0561 e. The van der Waals surface area contributed by atoms with Crippen molar-refractivity contribution in [2.24, 2.45) is 0 Å². The van der Waals surface area contributed by atoms with E-state index in [-0.39, 0.29) is 0 Å². The molecule has 0 amide bonds. The van der Waals surface area contributed by atoms with Gasteiger partial charge in [-0.2, -0.15) is 0 Å². The molecule has 0 aliphatic heterocycles. The van der Waals surface area contributed by atoms with E-state index in [1.807, 2.05) is 11.3 Å². The summed E-state index contributed by atoms with van der Waals surface area (Å²) >= 11 is 1.86. The Labute approximate surface area is 288 Å². The van der Waals surface area contributed by atoms with E-state index in [1.165, 1.54) is 63.9 Å². The van der Waals surface area contributed by atoms with Gasteiger partial charge in [0.15, 0.2) is 0 Å². The molecule has 0 N–H and O–H groups in total. The molecule has 0 atom stereocenters. The van der Waals surface area contributed by atoms with Crippen LogP contribution < -0.4 is 4.90 Å². The van der Waals surface area contributed by atoms with Crippen molar-refractivity contribution in [1.29, 1.82) is 0 Å². The van der Waals surface area contributed by atoms with Gasteiger partial charge < -0.3 is 9.47 Å². The first-order valence-electron chi connectivity index (χ1n) is 16.7. The fraction of sp³-hybridized carbons (Fsp3) is 0. The number of aromatic nitrogens is 1. The van der Waals surface area contributed by atoms with Crippen LogP contribution in [0.5, 0.6) is 0 Å². The summed E-state index contributed by atoms with van der Waals surface area (Å²) < 4.78 is 5.05. The second-order valence-electron chi connectivity index (χ2n) is 12.6. The largest absolute Gasteiger partial charge is 0.310 e. The fourth-order valence-corrected chi connectivity index (χ4v) is 8.51. The van der Waals surface area contributed by atoms with E-state index in [1.54, 1.807) is 0 Å². The maximum absolute atomic E-state index is 2.39. The molecule has 0 aliphatic rings. The van der Waals surface area contributed by atoms with Crippen molar-refractivity contribution in [3.05, 3.63) is 182 Å². The Morgan fingerprint density at radius 2 is 1.00 bits per heavy atom. The van der Waals surface area contributed by atoms with Crippen molar-refractivity contribution in [3.8, 4) is 16.8 Å². The molecule has 230 valence electrons. The molecule has 10 rings (SSSR count). The number of anilines is 3. The van der Waals surface area contributed by atoms with E-state index in [0.717, 1.165) is 22.7 Å². The number of hydrogen-bond donors (Lipinski definition) is 0. The van der Waals surface area contributed by atoms with E-state index < -0.39 is 0 Å². The van der Waals surface area contributed by atoms with E-state index in [2.05, 4.69) is 191 Å². The van der Waals surface area contributed by atoms with Crippen LogP contribution in [-0.2, 0) is 0 Å². The summed E-state index contributed by atoms with van der Waals surface area (Å²) in [6.07, 6.45) is 0. The molecule has 8 aromatic carbocycles. The predicted molar refractivity (Wildman–Crippen MR) is 211 cm³/mol. The number of benzene rings is 8. The third-order valence-corrected chi connectivity index (χ3v) is 10.9. The lowest BCUT2D eigenvalue weighted by Crippen LogP contribution is -2.10. The Morgan fingerprint density at radius 3 is 1.88 bits per heavy atom. The zero-order valence-corrected chi connectivity index (χ0v) is 27.4. The molecule has 3 heteroatoms. The van der Waals surface area contributed by atoms with Gasteiger partial charge in [-0.25, -0.2) is 0 Å². The molecule has 0 radical (unpaired) electrons. The first-order valence-corrected chi connectivity index (χ1v) is 17.5. The lowest BCUT2D eigenvalue weighted by atomic mass is 10.0. The Balaban J connectivity index is 1.14. The molecule has 0 fully saturated rings. The SMILES string of the molecule is c1ccc(-n2c3ccccc3c3ccc(N(c4ccc(-c5ccc6sc7ccccc7c6c5)cc4)c4ccc5ccccc5c4)cc32)cc1. The quantitative estimate of drug-likeness (QED) is 0.181. The highest BCUT2D eigenvalue weighted by molar-refractivity contribution is 7.25. The molecular formula is C46H30N2S. The van der Waals surface area contributed by atoms with E-state index in [9.17, 15) is 0 Å². The highest BCUT2D eigenvalue weighted by Gasteiger charge is 2.18. The predicted octanol–water partition coefficient (Wildman–Crippen LogP) is 13.4. The minimum Gasteiger partial charge on any atom is -0.310 e. The molecule has 0 unspecified atom stereocenters. The van der Waals surface area contributed by atoms with Gasteiger partial charge in [0.1, 0.15) is 0 Å². The van der Waals surface area contributed by atoms with Crippen LogP contribution in [0.15, 0.2) is 182 Å². The van der Waals surface area contributed by atoms with Crippen LogP contribution in [0.1, 0.15) is 0 Å². The van der Waals surface area contributed by atoms with E-state index >= 15 is 0 Å². The van der Waals surface area contributed by atoms with Crippen molar-refractivity contribution in [1.82, 2.24) is 4.57 Å². The zero-order valence-electron chi connectivity index (χ0n) is 26.6. The van der Waals surface area contributed by atoms with Gasteiger partial charge in [0.05, 0.1) is 11.0 Å². The lowest BCUT2D eigenvalue weighted by molar-refractivity contribution is 1.18. The van der Waals surface area contributed by atoms with Crippen LogP contribution in [0.4, 0.5) is 17.1 Å². The summed E-state index contributed by atoms with van der Waals surface area (Å²) in [5.41, 5.74) is 9.33. The van der Waals surface area contributed by atoms with Gasteiger partial charge in [-0.15, -0.1) is 11.3 Å². The van der Waals surface area contributed by atoms with Crippen molar-refractivity contribution < 1.29 is 0 Å². The number of thiophene rings is 1. The maximum atomic E-state index is 2.39. The number of fused-ring (bicyclic) bond motifs is 7. The van der Waals surface area contributed by atoms with Gasteiger partial charge in [0.25, 0.3) is 0 Å². The Kier molecular flexibility index (Phi) is 6.39. The summed E-state index contributed by atoms with van der Waals surface area (Å²) in [5.74, 6) is 0. The summed E-state index contributed by atoms with van der Waals surface area (Å²) in [4.78, 5) is 2.39. The molecule has 49 heavy (non-hydrogen) atoms. The highest BCUT2D eigenvalue weighted by atomic mass is 32.1. The molecule has 0 bridgehead atoms. The molecule has 0 spiro atoms. The molecule has 0 aliphatic carbocycles. The van der Waals surface area contributed by atoms with E-state index in [4.69, 9.17) is 0 Å². The fourth-order valence-electron chi connectivity index (χ4n) is 7.42. The van der Waals surface area contributed by atoms with Crippen molar-refractivity contribution >= 4 is 81.1 Å². The van der Waals surface area contributed by atoms with Crippen molar-refractivity contribution in [2.75, 3.05) is 4.90 Å². The normalized spacial score (nSPS) is 11.7. The molecular weight excluding hydrogens is 613 g/mol. The third kappa shape index (κ3) is 4.62. The van der Waals surface area contributed by atoms with Gasteiger partial charge in [-0.1, -0.05) is 109 Å². The number of rotatable bonds is 5. The van der Waals surface area contributed by atoms with Gasteiger partial charge in [0.2, 0.25) is 0 Å². The molecule has 0 saturated heterocycles. The summed E-state index contributed by atoms with van der Waals surface area (Å²) in [6, 6.07) is 66.3. The van der Waals surface area contributed by atoms with Gasteiger partial charge in [0, 0.05) is 53.7 Å². The lowest BCUT2D eigenvalue weighted by Gasteiger charge is -2.26. The first kappa shape index (κ1) is 27.9. The average molecular weight is 643 g/mol. The minimum absolute atomic E-state index is 1.11. The van der Waals surface area contributed by atoms with Crippen LogP contribution in [0.25, 0.3) is 69.6 Å². The Hall–Kier alpha value is -6.16. The Bertz CT molecular complexity index is 2830. The second-order valence-corrected chi connectivity index (χ2v) is 13.7. The molecule has 10 aromatic rings. The molecule has 0 saturated carbocycles. The van der Waals surface area contributed by atoms with Crippen LogP contribution in [0.3, 0.4) is 0 Å². The number of para-hydroxylation sites is 2. The minimum atomic E-state index is 1.11. The van der Waals surface area contributed by atoms with E-state index in [0.29, 0.717) is 0 Å². The van der Waals surface area contributed by atoms with Crippen molar-refractivity contribution in [3.63, 3.8) is 0 Å². The monoisotopic (exact) mass is 642 g/mol. The first-order chi connectivity index (χ1) is 24.3. The summed E-state index contributed by atoms with van der Waals surface area (Å²) in [7, 11) is 0. The number of nitrogens with zero attached hydrogens (tertiary/aromatic N) is 2. The van der Waals surface area contributed by atoms with Crippen LogP contribution in [0, 0.1) is 0 Å². The van der Waals surface area contributed by atoms with Crippen LogP contribution in [0.2, 0.25) is 0 Å². The topological polar surface area (TPSA) is 8.17 Å². The summed E-state index contributed by atoms with van der Waals surface area (Å²) in [6.45, 7) is 0. The molecule has 2 heterocycles. The average Bonchev–Trinajstić information content (AvgIpc) is 3.71. The number of hydrogen-bond acceptors (Lipinski definition) is 2. The van der Waals surface area contributed by atoms with Gasteiger partial charge in [-0.3, -0.25) is 0 Å². The summed E-state index contributed by atoms with van der Waals surface area (Å²) in [5, 5.41) is 7.60. The zero-order chi connectivity index (χ0) is 32.3. The highest BCUT2D eigenvalue weighted by Crippen LogP contribution is 2.41. The molecule has 2 nitrogen and oxygen atoms in total. The maximum Gasteiger partial charge on any atom is 0.0561 e. The second kappa shape index (κ2) is 11.2. The third-order valence-electron chi connectivity index (χ3n) is 9.76.